The summed E-state index contributed by atoms with van der Waals surface area (Å²) in [5.41, 5.74) is 7.65. The van der Waals surface area contributed by atoms with Gasteiger partial charge in [-0.25, -0.2) is 4.98 Å². The van der Waals surface area contributed by atoms with Gasteiger partial charge in [-0.3, -0.25) is 0 Å². The van der Waals surface area contributed by atoms with Crippen LogP contribution in [0.4, 0.5) is 0 Å². The summed E-state index contributed by atoms with van der Waals surface area (Å²) in [6, 6.07) is 7.97. The Morgan fingerprint density at radius 2 is 2.06 bits per heavy atom. The van der Waals surface area contributed by atoms with Gasteiger partial charge in [-0.15, -0.1) is 0 Å². The number of thiocarbonyl (C=S) groups is 1. The average molecular weight is 231 g/mol. The second-order valence-electron chi connectivity index (χ2n) is 3.66. The molecule has 0 amide bonds. The zero-order chi connectivity index (χ0) is 11.5. The number of hydrogen-bond acceptors (Lipinski definition) is 2. The van der Waals surface area contributed by atoms with Crippen LogP contribution in [0.5, 0.6) is 0 Å². The molecule has 0 aliphatic rings. The fourth-order valence-corrected chi connectivity index (χ4v) is 1.68. The fraction of sp³-hybridized carbons (Fsp3) is 0.167. The van der Waals surface area contributed by atoms with Crippen molar-refractivity contribution < 1.29 is 0 Å². The predicted molar refractivity (Wildman–Crippen MR) is 68.4 cm³/mol. The van der Waals surface area contributed by atoms with Crippen LogP contribution < -0.4 is 5.73 Å². The Balaban J connectivity index is 2.17. The molecule has 0 radical (unpaired) electrons. The van der Waals surface area contributed by atoms with Crippen LogP contribution in [0.1, 0.15) is 17.0 Å². The molecule has 0 aliphatic heterocycles. The SMILES string of the molecule is Cc1nccn1Cc1ccc(C(N)=S)cc1. The number of hydrogen-bond donors (Lipinski definition) is 1. The van der Waals surface area contributed by atoms with Gasteiger partial charge in [0.15, 0.2) is 0 Å². The lowest BCUT2D eigenvalue weighted by Gasteiger charge is -2.06. The highest BCUT2D eigenvalue weighted by molar-refractivity contribution is 7.80. The van der Waals surface area contributed by atoms with Gasteiger partial charge in [0.25, 0.3) is 0 Å². The monoisotopic (exact) mass is 231 g/mol. The number of rotatable bonds is 3. The molecule has 4 heteroatoms. The van der Waals surface area contributed by atoms with E-state index in [1.165, 1.54) is 5.56 Å². The lowest BCUT2D eigenvalue weighted by molar-refractivity contribution is 0.762. The number of benzene rings is 1. The van der Waals surface area contributed by atoms with E-state index in [0.717, 1.165) is 17.9 Å². The van der Waals surface area contributed by atoms with E-state index < -0.39 is 0 Å². The molecule has 1 aromatic carbocycles. The smallest absolute Gasteiger partial charge is 0.105 e. The molecule has 0 aliphatic carbocycles. The first-order chi connectivity index (χ1) is 7.66. The van der Waals surface area contributed by atoms with Gasteiger partial charge < -0.3 is 10.3 Å². The van der Waals surface area contributed by atoms with Crippen molar-refractivity contribution in [1.29, 1.82) is 0 Å². The molecule has 0 saturated carbocycles. The first-order valence-electron chi connectivity index (χ1n) is 5.03. The van der Waals surface area contributed by atoms with E-state index in [1.54, 1.807) is 6.20 Å². The summed E-state index contributed by atoms with van der Waals surface area (Å²) in [7, 11) is 0. The quantitative estimate of drug-likeness (QED) is 0.820. The van der Waals surface area contributed by atoms with Crippen molar-refractivity contribution in [2.45, 2.75) is 13.5 Å². The van der Waals surface area contributed by atoms with Crippen molar-refractivity contribution in [3.05, 3.63) is 53.6 Å². The second kappa shape index (κ2) is 4.45. The number of aromatic nitrogens is 2. The third kappa shape index (κ3) is 2.28. The normalized spacial score (nSPS) is 10.3. The molecule has 0 saturated heterocycles. The predicted octanol–water partition coefficient (Wildman–Crippen LogP) is 1.87. The zero-order valence-corrected chi connectivity index (χ0v) is 9.87. The minimum absolute atomic E-state index is 0.436. The third-order valence-electron chi connectivity index (χ3n) is 2.52. The van der Waals surface area contributed by atoms with Crippen LogP contribution in [0.3, 0.4) is 0 Å². The Bertz CT molecular complexity index is 499. The van der Waals surface area contributed by atoms with E-state index in [-0.39, 0.29) is 0 Å². The van der Waals surface area contributed by atoms with Gasteiger partial charge in [0, 0.05) is 24.5 Å². The van der Waals surface area contributed by atoms with E-state index in [1.807, 2.05) is 37.4 Å². The minimum Gasteiger partial charge on any atom is -0.389 e. The van der Waals surface area contributed by atoms with Crippen LogP contribution in [0, 0.1) is 6.92 Å². The maximum Gasteiger partial charge on any atom is 0.105 e. The summed E-state index contributed by atoms with van der Waals surface area (Å²) < 4.78 is 2.09. The molecule has 1 heterocycles. The maximum atomic E-state index is 5.54. The molecule has 2 rings (SSSR count). The lowest BCUT2D eigenvalue weighted by atomic mass is 10.1. The highest BCUT2D eigenvalue weighted by atomic mass is 32.1. The molecule has 2 N–H and O–H groups in total. The molecule has 0 bridgehead atoms. The van der Waals surface area contributed by atoms with Crippen LogP contribution in [-0.4, -0.2) is 14.5 Å². The van der Waals surface area contributed by atoms with E-state index in [0.29, 0.717) is 4.99 Å². The largest absolute Gasteiger partial charge is 0.389 e. The van der Waals surface area contributed by atoms with Crippen molar-refractivity contribution in [3.63, 3.8) is 0 Å². The van der Waals surface area contributed by atoms with Gasteiger partial charge in [-0.05, 0) is 12.5 Å². The van der Waals surface area contributed by atoms with Crippen LogP contribution >= 0.6 is 12.2 Å². The van der Waals surface area contributed by atoms with E-state index >= 15 is 0 Å². The number of imidazole rings is 1. The summed E-state index contributed by atoms with van der Waals surface area (Å²) in [5, 5.41) is 0. The number of nitrogens with two attached hydrogens (primary N) is 1. The Morgan fingerprint density at radius 3 is 2.56 bits per heavy atom. The fourth-order valence-electron chi connectivity index (χ4n) is 1.54. The van der Waals surface area contributed by atoms with E-state index in [4.69, 9.17) is 18.0 Å². The first kappa shape index (κ1) is 10.8. The summed E-state index contributed by atoms with van der Waals surface area (Å²) in [4.78, 5) is 4.62. The van der Waals surface area contributed by atoms with Crippen LogP contribution in [0.2, 0.25) is 0 Å². The minimum atomic E-state index is 0.436. The standard InChI is InChI=1S/C12H13N3S/c1-9-14-6-7-15(9)8-10-2-4-11(5-3-10)12(13)16/h2-7H,8H2,1H3,(H2,13,16). The number of nitrogens with zero attached hydrogens (tertiary/aromatic N) is 2. The Morgan fingerprint density at radius 1 is 1.38 bits per heavy atom. The molecule has 0 atom stereocenters. The molecule has 0 unspecified atom stereocenters. The molecule has 16 heavy (non-hydrogen) atoms. The van der Waals surface area contributed by atoms with Gasteiger partial charge in [0.2, 0.25) is 0 Å². The van der Waals surface area contributed by atoms with Gasteiger partial charge in [0.05, 0.1) is 0 Å². The summed E-state index contributed by atoms with van der Waals surface area (Å²) in [6.45, 7) is 2.81. The van der Waals surface area contributed by atoms with Crippen molar-refractivity contribution in [2.24, 2.45) is 5.73 Å². The van der Waals surface area contributed by atoms with E-state index in [9.17, 15) is 0 Å². The molecule has 1 aromatic heterocycles. The van der Waals surface area contributed by atoms with Gasteiger partial charge in [0.1, 0.15) is 10.8 Å². The highest BCUT2D eigenvalue weighted by Gasteiger charge is 2.00. The Hall–Kier alpha value is -1.68. The summed E-state index contributed by atoms with van der Waals surface area (Å²) >= 11 is 4.90. The Labute approximate surface area is 99.9 Å². The molecule has 0 fully saturated rings. The topological polar surface area (TPSA) is 43.8 Å². The molecular weight excluding hydrogens is 218 g/mol. The molecular formula is C12H13N3S. The highest BCUT2D eigenvalue weighted by Crippen LogP contribution is 2.07. The Kier molecular flexibility index (Phi) is 3.01. The van der Waals surface area contributed by atoms with Gasteiger partial charge in [-0.2, -0.15) is 0 Å². The summed E-state index contributed by atoms with van der Waals surface area (Å²) in [5.74, 6) is 1.01. The lowest BCUT2D eigenvalue weighted by Crippen LogP contribution is -2.09. The zero-order valence-electron chi connectivity index (χ0n) is 9.05. The van der Waals surface area contributed by atoms with Gasteiger partial charge in [-0.1, -0.05) is 36.5 Å². The average Bonchev–Trinajstić information content (AvgIpc) is 2.65. The number of aryl methyl sites for hydroxylation is 1. The summed E-state index contributed by atoms with van der Waals surface area (Å²) in [6.07, 6.45) is 3.77. The van der Waals surface area contributed by atoms with Crippen LogP contribution in [0.15, 0.2) is 36.7 Å². The molecule has 3 nitrogen and oxygen atoms in total. The van der Waals surface area contributed by atoms with Crippen LogP contribution in [0.25, 0.3) is 0 Å². The van der Waals surface area contributed by atoms with Crippen molar-refractivity contribution >= 4 is 17.2 Å². The first-order valence-corrected chi connectivity index (χ1v) is 5.44. The maximum absolute atomic E-state index is 5.54. The van der Waals surface area contributed by atoms with Crippen molar-refractivity contribution in [1.82, 2.24) is 9.55 Å². The van der Waals surface area contributed by atoms with E-state index in [2.05, 4.69) is 9.55 Å². The van der Waals surface area contributed by atoms with Crippen molar-refractivity contribution in [3.8, 4) is 0 Å². The van der Waals surface area contributed by atoms with Gasteiger partial charge >= 0.3 is 0 Å². The second-order valence-corrected chi connectivity index (χ2v) is 4.10. The third-order valence-corrected chi connectivity index (χ3v) is 2.75. The molecule has 2 aromatic rings. The van der Waals surface area contributed by atoms with Crippen molar-refractivity contribution in [2.75, 3.05) is 0 Å². The molecule has 0 spiro atoms. The van der Waals surface area contributed by atoms with Crippen LogP contribution in [-0.2, 0) is 6.54 Å². The molecule has 82 valence electrons.